The van der Waals surface area contributed by atoms with E-state index >= 15 is 0 Å². The normalized spacial score (nSPS) is 11.1. The number of imidazole rings is 1. The quantitative estimate of drug-likeness (QED) is 0.569. The Labute approximate surface area is 130 Å². The molecule has 0 bridgehead atoms. The fraction of sp³-hybridized carbons (Fsp3) is 0.500. The molecule has 0 saturated carbocycles. The molecule has 0 aliphatic heterocycles. The zero-order valence-corrected chi connectivity index (χ0v) is 13.4. The Kier molecular flexibility index (Phi) is 6.11. The van der Waals surface area contributed by atoms with E-state index < -0.39 is 0 Å². The number of unbranched alkanes of at least 4 members (excludes halogenated alkanes) is 3. The molecule has 0 radical (unpaired) electrons. The minimum absolute atomic E-state index is 0.256. The average Bonchev–Trinajstić information content (AvgIpc) is 2.81. The number of aryl methyl sites for hydroxylation is 1. The lowest BCUT2D eigenvalue weighted by Crippen LogP contribution is -2.11. The zero-order chi connectivity index (χ0) is 15.1. The largest absolute Gasteiger partial charge is 0.370 e. The summed E-state index contributed by atoms with van der Waals surface area (Å²) in [5.41, 5.74) is 7.40. The minimum atomic E-state index is -0.256. The second-order valence-electron chi connectivity index (χ2n) is 5.16. The first kappa shape index (κ1) is 15.9. The molecule has 2 aromatic rings. The fourth-order valence-electron chi connectivity index (χ4n) is 2.32. The molecule has 0 aliphatic carbocycles. The van der Waals surface area contributed by atoms with Gasteiger partial charge in [-0.15, -0.1) is 0 Å². The Hall–Kier alpha value is -1.49. The van der Waals surface area contributed by atoms with Crippen LogP contribution in [0, 0.1) is 0 Å². The van der Waals surface area contributed by atoms with Crippen LogP contribution in [0.5, 0.6) is 0 Å². The van der Waals surface area contributed by atoms with Crippen molar-refractivity contribution in [2.45, 2.75) is 50.7 Å². The molecule has 0 fully saturated rings. The number of hydrogen-bond donors (Lipinski definition) is 1. The first-order valence-electron chi connectivity index (χ1n) is 7.58. The molecule has 21 heavy (non-hydrogen) atoms. The number of carbonyl (C=O) groups excluding carboxylic acids is 1. The highest BCUT2D eigenvalue weighted by Gasteiger charge is 2.10. The number of fused-ring (bicyclic) bond motifs is 1. The third-order valence-electron chi connectivity index (χ3n) is 3.43. The van der Waals surface area contributed by atoms with Crippen LogP contribution in [-0.2, 0) is 11.3 Å². The van der Waals surface area contributed by atoms with E-state index in [2.05, 4.69) is 22.5 Å². The van der Waals surface area contributed by atoms with E-state index in [0.29, 0.717) is 12.2 Å². The Balaban J connectivity index is 2.11. The van der Waals surface area contributed by atoms with E-state index in [0.717, 1.165) is 23.6 Å². The maximum atomic E-state index is 10.9. The topological polar surface area (TPSA) is 60.9 Å². The number of rotatable bonds is 9. The average molecular weight is 305 g/mol. The van der Waals surface area contributed by atoms with Gasteiger partial charge in [0, 0.05) is 18.7 Å². The molecule has 0 saturated heterocycles. The zero-order valence-electron chi connectivity index (χ0n) is 12.5. The van der Waals surface area contributed by atoms with Crippen LogP contribution in [-0.4, -0.2) is 21.2 Å². The Morgan fingerprint density at radius 3 is 2.86 bits per heavy atom. The summed E-state index contributed by atoms with van der Waals surface area (Å²) < 4.78 is 2.27. The van der Waals surface area contributed by atoms with Crippen LogP contribution < -0.4 is 5.73 Å². The van der Waals surface area contributed by atoms with Gasteiger partial charge in [0.25, 0.3) is 0 Å². The number of para-hydroxylation sites is 2. The van der Waals surface area contributed by atoms with Crippen molar-refractivity contribution in [3.8, 4) is 0 Å². The summed E-state index contributed by atoms with van der Waals surface area (Å²) in [6, 6.07) is 8.20. The van der Waals surface area contributed by atoms with Gasteiger partial charge in [0.2, 0.25) is 5.91 Å². The van der Waals surface area contributed by atoms with Gasteiger partial charge in [0.15, 0.2) is 5.16 Å². The molecule has 5 heteroatoms. The smallest absolute Gasteiger partial charge is 0.218 e. The summed E-state index contributed by atoms with van der Waals surface area (Å²) in [7, 11) is 0. The number of hydrogen-bond acceptors (Lipinski definition) is 3. The van der Waals surface area contributed by atoms with Crippen LogP contribution in [0.2, 0.25) is 0 Å². The molecule has 0 aliphatic rings. The lowest BCUT2D eigenvalue weighted by Gasteiger charge is -2.08. The Morgan fingerprint density at radius 2 is 2.10 bits per heavy atom. The molecule has 2 rings (SSSR count). The molecule has 114 valence electrons. The fourth-order valence-corrected chi connectivity index (χ4v) is 3.31. The molecule has 1 aromatic heterocycles. The van der Waals surface area contributed by atoms with Crippen LogP contribution in [0.3, 0.4) is 0 Å². The van der Waals surface area contributed by atoms with Crippen LogP contribution in [0.25, 0.3) is 11.0 Å². The van der Waals surface area contributed by atoms with Crippen molar-refractivity contribution >= 4 is 28.7 Å². The molecular weight excluding hydrogens is 282 g/mol. The van der Waals surface area contributed by atoms with Crippen molar-refractivity contribution in [3.05, 3.63) is 24.3 Å². The van der Waals surface area contributed by atoms with Crippen molar-refractivity contribution in [3.63, 3.8) is 0 Å². The van der Waals surface area contributed by atoms with Gasteiger partial charge in [0.1, 0.15) is 0 Å². The van der Waals surface area contributed by atoms with Gasteiger partial charge in [-0.1, -0.05) is 50.1 Å². The third-order valence-corrected chi connectivity index (χ3v) is 4.41. The molecule has 1 aromatic carbocycles. The Morgan fingerprint density at radius 1 is 1.29 bits per heavy atom. The number of aromatic nitrogens is 2. The number of benzene rings is 1. The minimum Gasteiger partial charge on any atom is -0.370 e. The second-order valence-corrected chi connectivity index (χ2v) is 6.22. The van der Waals surface area contributed by atoms with E-state index in [-0.39, 0.29) is 5.91 Å². The lowest BCUT2D eigenvalue weighted by atomic mass is 10.2. The van der Waals surface area contributed by atoms with Gasteiger partial charge in [0.05, 0.1) is 11.0 Å². The molecule has 4 nitrogen and oxygen atoms in total. The molecule has 2 N–H and O–H groups in total. The van der Waals surface area contributed by atoms with Crippen molar-refractivity contribution in [1.82, 2.24) is 9.55 Å². The van der Waals surface area contributed by atoms with Gasteiger partial charge in [-0.3, -0.25) is 4.79 Å². The maximum absolute atomic E-state index is 10.9. The van der Waals surface area contributed by atoms with Gasteiger partial charge < -0.3 is 10.3 Å². The van der Waals surface area contributed by atoms with Gasteiger partial charge >= 0.3 is 0 Å². The van der Waals surface area contributed by atoms with E-state index in [4.69, 9.17) is 5.73 Å². The molecule has 1 heterocycles. The van der Waals surface area contributed by atoms with Crippen molar-refractivity contribution in [2.24, 2.45) is 5.73 Å². The molecule has 0 atom stereocenters. The summed E-state index contributed by atoms with van der Waals surface area (Å²) in [5, 5.41) is 0.994. The third kappa shape index (κ3) is 4.49. The summed E-state index contributed by atoms with van der Waals surface area (Å²) in [4.78, 5) is 15.6. The number of carbonyl (C=O) groups is 1. The summed E-state index contributed by atoms with van der Waals surface area (Å²) in [5.74, 6) is 0.432. The first-order valence-corrected chi connectivity index (χ1v) is 8.57. The molecule has 1 amide bonds. The number of nitrogens with two attached hydrogens (primary N) is 1. The van der Waals surface area contributed by atoms with Crippen LogP contribution in [0.1, 0.15) is 39.0 Å². The number of primary amides is 1. The monoisotopic (exact) mass is 305 g/mol. The Bertz CT molecular complexity index is 594. The number of nitrogens with zero attached hydrogens (tertiary/aromatic N) is 2. The molecule has 0 unspecified atom stereocenters. The summed E-state index contributed by atoms with van der Waals surface area (Å²) >= 11 is 1.62. The predicted molar refractivity (Wildman–Crippen MR) is 88.4 cm³/mol. The first-order chi connectivity index (χ1) is 10.2. The van der Waals surface area contributed by atoms with Crippen molar-refractivity contribution in [2.75, 3.05) is 5.75 Å². The highest BCUT2D eigenvalue weighted by Crippen LogP contribution is 2.25. The van der Waals surface area contributed by atoms with E-state index in [9.17, 15) is 4.79 Å². The van der Waals surface area contributed by atoms with Crippen molar-refractivity contribution in [1.29, 1.82) is 0 Å². The van der Waals surface area contributed by atoms with E-state index in [1.54, 1.807) is 11.8 Å². The number of amides is 1. The maximum Gasteiger partial charge on any atom is 0.218 e. The van der Waals surface area contributed by atoms with Crippen LogP contribution in [0.4, 0.5) is 0 Å². The molecule has 0 spiro atoms. The highest BCUT2D eigenvalue weighted by molar-refractivity contribution is 7.99. The predicted octanol–water partition coefficient (Wildman–Crippen LogP) is 3.58. The van der Waals surface area contributed by atoms with Gasteiger partial charge in [-0.25, -0.2) is 4.98 Å². The van der Waals surface area contributed by atoms with E-state index in [1.807, 2.05) is 18.2 Å². The summed E-state index contributed by atoms with van der Waals surface area (Å²) in [6.45, 7) is 3.21. The van der Waals surface area contributed by atoms with Crippen LogP contribution in [0.15, 0.2) is 29.4 Å². The van der Waals surface area contributed by atoms with Gasteiger partial charge in [-0.2, -0.15) is 0 Å². The standard InChI is InChI=1S/C16H23N3OS/c1-2-3-4-7-11-19-14-9-6-5-8-13(14)18-16(19)21-12-10-15(17)20/h5-6,8-9H,2-4,7,10-12H2,1H3,(H2,17,20). The summed E-state index contributed by atoms with van der Waals surface area (Å²) in [6.07, 6.45) is 5.32. The lowest BCUT2D eigenvalue weighted by molar-refractivity contribution is -0.117. The van der Waals surface area contributed by atoms with Crippen LogP contribution >= 0.6 is 11.8 Å². The number of thioether (sulfide) groups is 1. The molecular formula is C16H23N3OS. The SMILES string of the molecule is CCCCCCn1c(SCCC(N)=O)nc2ccccc21. The highest BCUT2D eigenvalue weighted by atomic mass is 32.2. The van der Waals surface area contributed by atoms with Gasteiger partial charge in [-0.05, 0) is 18.6 Å². The van der Waals surface area contributed by atoms with E-state index in [1.165, 1.54) is 24.8 Å². The van der Waals surface area contributed by atoms with Crippen molar-refractivity contribution < 1.29 is 4.79 Å². The second kappa shape index (κ2) is 8.08.